The van der Waals surface area contributed by atoms with Gasteiger partial charge in [-0.15, -0.1) is 0 Å². The molecule has 2 aliphatic rings. The van der Waals surface area contributed by atoms with Gasteiger partial charge in [-0.3, -0.25) is 4.79 Å². The number of halogens is 3. The summed E-state index contributed by atoms with van der Waals surface area (Å²) in [5.74, 6) is -3.61. The number of sulfonamides is 1. The van der Waals surface area contributed by atoms with Crippen LogP contribution in [0.2, 0.25) is 0 Å². The van der Waals surface area contributed by atoms with Crippen LogP contribution in [0.3, 0.4) is 0 Å². The molecule has 5 nitrogen and oxygen atoms in total. The summed E-state index contributed by atoms with van der Waals surface area (Å²) in [6, 6.07) is 8.12. The molecule has 2 aromatic carbocycles. The molecule has 1 aliphatic carbocycles. The van der Waals surface area contributed by atoms with E-state index in [4.69, 9.17) is 0 Å². The first-order valence-electron chi connectivity index (χ1n) is 11.9. The van der Waals surface area contributed by atoms with Crippen LogP contribution >= 0.6 is 0 Å². The zero-order chi connectivity index (χ0) is 25.5. The number of benzene rings is 2. The zero-order valence-corrected chi connectivity index (χ0v) is 21.0. The molecule has 1 heterocycles. The van der Waals surface area contributed by atoms with Crippen molar-refractivity contribution in [3.63, 3.8) is 0 Å². The minimum absolute atomic E-state index is 0.0454. The van der Waals surface area contributed by atoms with Crippen molar-refractivity contribution in [2.45, 2.75) is 75.3 Å². The van der Waals surface area contributed by atoms with Gasteiger partial charge in [-0.1, -0.05) is 23.8 Å². The lowest BCUT2D eigenvalue weighted by atomic mass is 9.91. The average molecular weight is 509 g/mol. The van der Waals surface area contributed by atoms with Gasteiger partial charge in [0.2, 0.25) is 21.9 Å². The first-order valence-corrected chi connectivity index (χ1v) is 13.4. The Balaban J connectivity index is 1.67. The molecule has 0 unspecified atom stereocenters. The first-order chi connectivity index (χ1) is 16.4. The van der Waals surface area contributed by atoms with Crippen LogP contribution < -0.4 is 0 Å². The summed E-state index contributed by atoms with van der Waals surface area (Å²) in [4.78, 5) is 14.8. The predicted octanol–water partition coefficient (Wildman–Crippen LogP) is 5.30. The molecular weight excluding hydrogens is 477 g/mol. The van der Waals surface area contributed by atoms with Gasteiger partial charge in [-0.25, -0.2) is 21.6 Å². The highest BCUT2D eigenvalue weighted by molar-refractivity contribution is 7.89. The highest BCUT2D eigenvalue weighted by Gasteiger charge is 2.44. The number of amides is 1. The Morgan fingerprint density at radius 3 is 2.43 bits per heavy atom. The Bertz CT molecular complexity index is 1200. The third-order valence-corrected chi connectivity index (χ3v) is 9.25. The molecule has 2 aromatic rings. The Labute approximate surface area is 205 Å². The molecule has 9 heteroatoms. The van der Waals surface area contributed by atoms with E-state index in [1.807, 2.05) is 0 Å². The maximum Gasteiger partial charge on any atom is 0.248 e. The lowest BCUT2D eigenvalue weighted by Gasteiger charge is -2.37. The van der Waals surface area contributed by atoms with Crippen molar-refractivity contribution < 1.29 is 26.4 Å². The molecule has 1 saturated carbocycles. The number of hydrogen-bond donors (Lipinski definition) is 0. The van der Waals surface area contributed by atoms with Gasteiger partial charge in [-0.05, 0) is 63.3 Å². The summed E-state index contributed by atoms with van der Waals surface area (Å²) in [6.45, 7) is 3.70. The topological polar surface area (TPSA) is 57.7 Å². The Kier molecular flexibility index (Phi) is 7.03. The minimum Gasteiger partial charge on any atom is -0.341 e. The Hall–Kier alpha value is -2.39. The highest BCUT2D eigenvalue weighted by atomic mass is 32.2. The number of aryl methyl sites for hydroxylation is 2. The third kappa shape index (κ3) is 4.98. The van der Waals surface area contributed by atoms with Crippen LogP contribution in [0.25, 0.3) is 11.1 Å². The summed E-state index contributed by atoms with van der Waals surface area (Å²) < 4.78 is 71.0. The standard InChI is InChI=1S/C26H31F3N2O3S/c1-17-9-10-23(20(16-17)24-18(2)6-4-7-21(24)27)35(33,34)31-15-5-8-22(31)25(32)30(3)19-11-13-26(28,29)14-12-19/h4,6-7,9-10,16,19,22H,5,8,11-15H2,1-3H3/t22-/m0/s1. The second-order valence-electron chi connectivity index (χ2n) is 9.74. The van der Waals surface area contributed by atoms with Gasteiger partial charge < -0.3 is 4.90 Å². The lowest BCUT2D eigenvalue weighted by Crippen LogP contribution is -2.50. The van der Waals surface area contributed by atoms with Gasteiger partial charge in [0.1, 0.15) is 11.9 Å². The predicted molar refractivity (Wildman–Crippen MR) is 128 cm³/mol. The van der Waals surface area contributed by atoms with Crippen LogP contribution in [-0.2, 0) is 14.8 Å². The fourth-order valence-corrected chi connectivity index (χ4v) is 7.10. The molecule has 1 atom stereocenters. The Morgan fingerprint density at radius 1 is 1.09 bits per heavy atom. The van der Waals surface area contributed by atoms with E-state index in [0.717, 1.165) is 5.56 Å². The van der Waals surface area contributed by atoms with E-state index in [1.165, 1.54) is 21.3 Å². The summed E-state index contributed by atoms with van der Waals surface area (Å²) in [5, 5.41) is 0. The Morgan fingerprint density at radius 2 is 1.77 bits per heavy atom. The van der Waals surface area contributed by atoms with E-state index in [1.54, 1.807) is 45.2 Å². The fraction of sp³-hybridized carbons (Fsp3) is 0.500. The molecule has 1 saturated heterocycles. The van der Waals surface area contributed by atoms with Crippen LogP contribution in [0.15, 0.2) is 41.3 Å². The summed E-state index contributed by atoms with van der Waals surface area (Å²) in [5.41, 5.74) is 1.87. The molecule has 35 heavy (non-hydrogen) atoms. The van der Waals surface area contributed by atoms with Gasteiger partial charge >= 0.3 is 0 Å². The molecule has 0 aromatic heterocycles. The fourth-order valence-electron chi connectivity index (χ4n) is 5.27. The molecule has 0 radical (unpaired) electrons. The second-order valence-corrected chi connectivity index (χ2v) is 11.6. The molecule has 0 bridgehead atoms. The van der Waals surface area contributed by atoms with Gasteiger partial charge in [-0.2, -0.15) is 4.31 Å². The van der Waals surface area contributed by atoms with E-state index in [0.29, 0.717) is 18.4 Å². The summed E-state index contributed by atoms with van der Waals surface area (Å²) in [6.07, 6.45) is 0.664. The van der Waals surface area contributed by atoms with Crippen molar-refractivity contribution >= 4 is 15.9 Å². The molecule has 0 N–H and O–H groups in total. The van der Waals surface area contributed by atoms with E-state index in [2.05, 4.69) is 0 Å². The van der Waals surface area contributed by atoms with E-state index in [-0.39, 0.29) is 60.2 Å². The van der Waals surface area contributed by atoms with Crippen LogP contribution in [0.5, 0.6) is 0 Å². The molecule has 2 fully saturated rings. The second kappa shape index (κ2) is 9.58. The van der Waals surface area contributed by atoms with Crippen molar-refractivity contribution in [3.8, 4) is 11.1 Å². The van der Waals surface area contributed by atoms with Crippen LogP contribution in [0, 0.1) is 19.7 Å². The largest absolute Gasteiger partial charge is 0.341 e. The summed E-state index contributed by atoms with van der Waals surface area (Å²) in [7, 11) is -2.58. The summed E-state index contributed by atoms with van der Waals surface area (Å²) >= 11 is 0. The maximum absolute atomic E-state index is 14.9. The van der Waals surface area contributed by atoms with Crippen molar-refractivity contribution in [2.24, 2.45) is 0 Å². The number of carbonyl (C=O) groups excluding carboxylic acids is 1. The SMILES string of the molecule is Cc1ccc(S(=O)(=O)N2CCC[C@H]2C(=O)N(C)C2CCC(F)(F)CC2)c(-c2c(C)cccc2F)c1. The van der Waals surface area contributed by atoms with Gasteiger partial charge in [0, 0.05) is 43.6 Å². The minimum atomic E-state index is -4.15. The number of carbonyl (C=O) groups is 1. The van der Waals surface area contributed by atoms with E-state index >= 15 is 0 Å². The molecule has 4 rings (SSSR count). The van der Waals surface area contributed by atoms with Gasteiger partial charge in [0.25, 0.3) is 0 Å². The third-order valence-electron chi connectivity index (χ3n) is 7.28. The highest BCUT2D eigenvalue weighted by Crippen LogP contribution is 2.38. The van der Waals surface area contributed by atoms with Crippen molar-refractivity contribution in [1.29, 1.82) is 0 Å². The molecular formula is C26H31F3N2O3S. The van der Waals surface area contributed by atoms with E-state index in [9.17, 15) is 26.4 Å². The van der Waals surface area contributed by atoms with Crippen LogP contribution in [-0.4, -0.2) is 55.1 Å². The smallest absolute Gasteiger partial charge is 0.248 e. The quantitative estimate of drug-likeness (QED) is 0.551. The monoisotopic (exact) mass is 508 g/mol. The number of nitrogens with zero attached hydrogens (tertiary/aromatic N) is 2. The zero-order valence-electron chi connectivity index (χ0n) is 20.2. The van der Waals surface area contributed by atoms with Gasteiger partial charge in [0.05, 0.1) is 4.90 Å². The van der Waals surface area contributed by atoms with Crippen LogP contribution in [0.1, 0.15) is 49.7 Å². The number of likely N-dealkylation sites (N-methyl/N-ethyl adjacent to an activating group) is 1. The van der Waals surface area contributed by atoms with Gasteiger partial charge in [0.15, 0.2) is 0 Å². The molecule has 0 spiro atoms. The lowest BCUT2D eigenvalue weighted by molar-refractivity contribution is -0.138. The number of alkyl halides is 2. The molecule has 190 valence electrons. The van der Waals surface area contributed by atoms with E-state index < -0.39 is 27.8 Å². The number of rotatable bonds is 5. The van der Waals surface area contributed by atoms with Crippen molar-refractivity contribution in [2.75, 3.05) is 13.6 Å². The molecule has 1 amide bonds. The van der Waals surface area contributed by atoms with Crippen molar-refractivity contribution in [1.82, 2.24) is 9.21 Å². The average Bonchev–Trinajstić information content (AvgIpc) is 3.29. The van der Waals surface area contributed by atoms with Crippen molar-refractivity contribution in [3.05, 3.63) is 53.3 Å². The van der Waals surface area contributed by atoms with Crippen LogP contribution in [0.4, 0.5) is 13.2 Å². The molecule has 1 aliphatic heterocycles. The normalized spacial score (nSPS) is 21.3. The maximum atomic E-state index is 14.9. The first kappa shape index (κ1) is 25.7. The number of hydrogen-bond acceptors (Lipinski definition) is 3.